The topological polar surface area (TPSA) is 0 Å². The Morgan fingerprint density at radius 3 is 1.80 bits per heavy atom. The van der Waals surface area contributed by atoms with E-state index in [-0.39, 0.29) is 5.41 Å². The van der Waals surface area contributed by atoms with Crippen LogP contribution >= 0.6 is 0 Å². The van der Waals surface area contributed by atoms with Gasteiger partial charge in [-0.05, 0) is 36.0 Å². The average Bonchev–Trinajstić information content (AvgIpc) is 2.38. The van der Waals surface area contributed by atoms with E-state index >= 15 is 0 Å². The fraction of sp³-hybridized carbons (Fsp3) is 0.647. The Hall–Kier alpha value is -0.990. The van der Waals surface area contributed by atoms with Gasteiger partial charge in [0.15, 0.2) is 0 Å². The molecule has 0 saturated heterocycles. The summed E-state index contributed by atoms with van der Waals surface area (Å²) >= 11 is 0. The van der Waals surface area contributed by atoms with Gasteiger partial charge in [-0.25, -0.2) is 0 Å². The lowest BCUT2D eigenvalue weighted by atomic mass is 9.74. The summed E-state index contributed by atoms with van der Waals surface area (Å²) in [7, 11) is 0. The Morgan fingerprint density at radius 1 is 0.800 bits per heavy atom. The molecule has 3 heteroatoms. The third-order valence-electron chi connectivity index (χ3n) is 4.04. The molecule has 0 N–H and O–H groups in total. The van der Waals surface area contributed by atoms with Gasteiger partial charge in [0.05, 0.1) is 5.56 Å². The molecule has 0 saturated carbocycles. The van der Waals surface area contributed by atoms with Crippen LogP contribution in [0.4, 0.5) is 13.2 Å². The summed E-state index contributed by atoms with van der Waals surface area (Å²) < 4.78 is 37.8. The monoisotopic (exact) mass is 286 g/mol. The van der Waals surface area contributed by atoms with Crippen molar-refractivity contribution in [1.82, 2.24) is 0 Å². The summed E-state index contributed by atoms with van der Waals surface area (Å²) in [6, 6.07) is 5.74. The maximum absolute atomic E-state index is 12.6. The van der Waals surface area contributed by atoms with E-state index in [1.54, 1.807) is 12.1 Å². The molecule has 0 aliphatic carbocycles. The van der Waals surface area contributed by atoms with Crippen LogP contribution in [0.25, 0.3) is 0 Å². The summed E-state index contributed by atoms with van der Waals surface area (Å²) in [5.74, 6) is 0. The quantitative estimate of drug-likeness (QED) is 0.513. The molecule has 1 aromatic carbocycles. The van der Waals surface area contributed by atoms with Crippen molar-refractivity contribution in [2.75, 3.05) is 0 Å². The zero-order chi connectivity index (χ0) is 15.2. The van der Waals surface area contributed by atoms with E-state index in [4.69, 9.17) is 0 Å². The molecule has 1 aromatic rings. The molecular weight excluding hydrogens is 261 g/mol. The van der Waals surface area contributed by atoms with Gasteiger partial charge in [-0.15, -0.1) is 0 Å². The second kappa shape index (κ2) is 7.14. The van der Waals surface area contributed by atoms with Gasteiger partial charge in [0.25, 0.3) is 0 Å². The number of hydrogen-bond donors (Lipinski definition) is 0. The van der Waals surface area contributed by atoms with Crippen molar-refractivity contribution in [3.05, 3.63) is 35.4 Å². The van der Waals surface area contributed by atoms with E-state index in [1.165, 1.54) is 18.6 Å². The van der Waals surface area contributed by atoms with Gasteiger partial charge in [0.2, 0.25) is 0 Å². The van der Waals surface area contributed by atoms with E-state index in [0.29, 0.717) is 0 Å². The smallest absolute Gasteiger partial charge is 0.166 e. The Morgan fingerprint density at radius 2 is 1.35 bits per heavy atom. The highest BCUT2D eigenvalue weighted by Gasteiger charge is 2.31. The minimum atomic E-state index is -4.25. The molecule has 1 unspecified atom stereocenters. The van der Waals surface area contributed by atoms with Crippen molar-refractivity contribution < 1.29 is 13.2 Å². The molecule has 0 heterocycles. The van der Waals surface area contributed by atoms with Crippen LogP contribution in [0.3, 0.4) is 0 Å². The number of hydrogen-bond acceptors (Lipinski definition) is 0. The fourth-order valence-electron chi connectivity index (χ4n) is 2.79. The first kappa shape index (κ1) is 17.1. The van der Waals surface area contributed by atoms with Crippen LogP contribution in [-0.4, -0.2) is 0 Å². The fourth-order valence-corrected chi connectivity index (χ4v) is 2.79. The summed E-state index contributed by atoms with van der Waals surface area (Å²) in [6.07, 6.45) is 2.33. The van der Waals surface area contributed by atoms with E-state index < -0.39 is 11.7 Å². The van der Waals surface area contributed by atoms with Crippen LogP contribution in [0.15, 0.2) is 24.3 Å². The molecule has 0 amide bonds. The van der Waals surface area contributed by atoms with Gasteiger partial charge in [0, 0.05) is 0 Å². The molecule has 0 aliphatic heterocycles. The summed E-state index contributed by atoms with van der Waals surface area (Å²) in [6.45, 7) is 6.46. The van der Waals surface area contributed by atoms with Crippen molar-refractivity contribution in [3.8, 4) is 0 Å². The van der Waals surface area contributed by atoms with Gasteiger partial charge < -0.3 is 0 Å². The first-order valence-corrected chi connectivity index (χ1v) is 7.51. The number of benzene rings is 1. The molecule has 0 aliphatic rings. The van der Waals surface area contributed by atoms with Crippen LogP contribution in [0.2, 0.25) is 0 Å². The molecule has 0 radical (unpaired) electrons. The van der Waals surface area contributed by atoms with Crippen molar-refractivity contribution in [1.29, 1.82) is 0 Å². The molecule has 0 fully saturated rings. The minimum absolute atomic E-state index is 0.00590. The zero-order valence-corrected chi connectivity index (χ0v) is 12.7. The number of rotatable bonds is 7. The van der Waals surface area contributed by atoms with Gasteiger partial charge in [0.1, 0.15) is 0 Å². The molecule has 0 spiro atoms. The van der Waals surface area contributed by atoms with E-state index in [2.05, 4.69) is 20.8 Å². The van der Waals surface area contributed by atoms with Crippen LogP contribution in [-0.2, 0) is 11.6 Å². The highest BCUT2D eigenvalue weighted by molar-refractivity contribution is 5.30. The summed E-state index contributed by atoms with van der Waals surface area (Å²) in [5.41, 5.74) is 0.464. The van der Waals surface area contributed by atoms with Crippen molar-refractivity contribution in [2.45, 2.75) is 70.9 Å². The third kappa shape index (κ3) is 4.53. The van der Waals surface area contributed by atoms with E-state index in [1.807, 2.05) is 0 Å². The van der Waals surface area contributed by atoms with E-state index in [0.717, 1.165) is 37.7 Å². The molecule has 0 nitrogen and oxygen atoms in total. The van der Waals surface area contributed by atoms with Crippen LogP contribution < -0.4 is 0 Å². The second-order valence-electron chi connectivity index (χ2n) is 5.84. The van der Waals surface area contributed by atoms with Gasteiger partial charge in [-0.3, -0.25) is 0 Å². The predicted molar refractivity (Wildman–Crippen MR) is 77.8 cm³/mol. The Bertz CT molecular complexity index is 392. The summed E-state index contributed by atoms with van der Waals surface area (Å²) in [5, 5.41) is 0. The lowest BCUT2D eigenvalue weighted by molar-refractivity contribution is -0.137. The molecule has 20 heavy (non-hydrogen) atoms. The van der Waals surface area contributed by atoms with E-state index in [9.17, 15) is 13.2 Å². The van der Waals surface area contributed by atoms with Gasteiger partial charge in [-0.2, -0.15) is 13.2 Å². The molecule has 1 atom stereocenters. The predicted octanol–water partition coefficient (Wildman–Crippen LogP) is 6.34. The summed E-state index contributed by atoms with van der Waals surface area (Å²) in [4.78, 5) is 0. The maximum atomic E-state index is 12.6. The lowest BCUT2D eigenvalue weighted by Crippen LogP contribution is -2.22. The highest BCUT2D eigenvalue weighted by Crippen LogP contribution is 2.36. The SMILES string of the molecule is CCCCCC(C)(CCC)c1ccc(C(F)(F)F)cc1. The molecule has 1 rings (SSSR count). The molecule has 0 bridgehead atoms. The van der Waals surface area contributed by atoms with Crippen LogP contribution in [0.5, 0.6) is 0 Å². The molecule has 0 aromatic heterocycles. The van der Waals surface area contributed by atoms with Crippen molar-refractivity contribution in [3.63, 3.8) is 0 Å². The minimum Gasteiger partial charge on any atom is -0.166 e. The highest BCUT2D eigenvalue weighted by atomic mass is 19.4. The van der Waals surface area contributed by atoms with Crippen LogP contribution in [0, 0.1) is 0 Å². The van der Waals surface area contributed by atoms with Crippen molar-refractivity contribution >= 4 is 0 Å². The van der Waals surface area contributed by atoms with Gasteiger partial charge >= 0.3 is 6.18 Å². The Kier molecular flexibility index (Phi) is 6.09. The average molecular weight is 286 g/mol. The number of halogens is 3. The largest absolute Gasteiger partial charge is 0.416 e. The van der Waals surface area contributed by atoms with Crippen molar-refractivity contribution in [2.24, 2.45) is 0 Å². The third-order valence-corrected chi connectivity index (χ3v) is 4.04. The second-order valence-corrected chi connectivity index (χ2v) is 5.84. The standard InChI is InChI=1S/C17H25F3/c1-4-6-7-13-16(3,12-5-2)14-8-10-15(11-9-14)17(18,19)20/h8-11H,4-7,12-13H2,1-3H3. The first-order chi connectivity index (χ1) is 9.33. The zero-order valence-electron chi connectivity index (χ0n) is 12.7. The number of alkyl halides is 3. The lowest BCUT2D eigenvalue weighted by Gasteiger charge is -2.30. The Balaban J connectivity index is 2.91. The first-order valence-electron chi connectivity index (χ1n) is 7.51. The maximum Gasteiger partial charge on any atom is 0.416 e. The van der Waals surface area contributed by atoms with Gasteiger partial charge in [-0.1, -0.05) is 58.6 Å². The Labute approximate surface area is 120 Å². The molecule has 114 valence electrons. The van der Waals surface area contributed by atoms with Crippen LogP contribution in [0.1, 0.15) is 70.4 Å². The number of unbranched alkanes of at least 4 members (excludes halogenated alkanes) is 2. The normalized spacial score (nSPS) is 15.1. The molecular formula is C17H25F3.